The van der Waals surface area contributed by atoms with Crippen molar-refractivity contribution < 1.29 is 0 Å². The van der Waals surface area contributed by atoms with Crippen LogP contribution in [0.25, 0.3) is 0 Å². The second kappa shape index (κ2) is 7.02. The van der Waals surface area contributed by atoms with Crippen molar-refractivity contribution in [3.05, 3.63) is 30.1 Å². The Morgan fingerprint density at radius 1 is 1.47 bits per heavy atom. The van der Waals surface area contributed by atoms with Crippen molar-refractivity contribution in [3.8, 4) is 6.07 Å². The van der Waals surface area contributed by atoms with Crippen molar-refractivity contribution in [2.24, 2.45) is 5.41 Å². The maximum Gasteiger partial charge on any atom is 0.0635 e. The van der Waals surface area contributed by atoms with Crippen LogP contribution in [0.2, 0.25) is 0 Å². The molecule has 1 heterocycles. The average molecular weight is 322 g/mol. The summed E-state index contributed by atoms with van der Waals surface area (Å²) >= 11 is 3.66. The fourth-order valence-electron chi connectivity index (χ4n) is 2.66. The van der Waals surface area contributed by atoms with E-state index in [1.807, 2.05) is 12.3 Å². The molecule has 1 fully saturated rings. The fourth-order valence-corrected chi connectivity index (χ4v) is 3.40. The third-order valence-electron chi connectivity index (χ3n) is 3.93. The van der Waals surface area contributed by atoms with E-state index in [0.717, 1.165) is 25.0 Å². The van der Waals surface area contributed by atoms with Gasteiger partial charge in [-0.05, 0) is 29.9 Å². The zero-order valence-corrected chi connectivity index (χ0v) is 12.8. The predicted molar refractivity (Wildman–Crippen MR) is 79.8 cm³/mol. The van der Waals surface area contributed by atoms with Gasteiger partial charge in [-0.15, -0.1) is 0 Å². The Hall–Kier alpha value is -0.920. The zero-order valence-electron chi connectivity index (χ0n) is 11.2. The van der Waals surface area contributed by atoms with Crippen molar-refractivity contribution >= 4 is 15.9 Å². The minimum absolute atomic E-state index is 0.428. The van der Waals surface area contributed by atoms with E-state index in [1.165, 1.54) is 24.8 Å². The van der Waals surface area contributed by atoms with Gasteiger partial charge in [0, 0.05) is 43.8 Å². The van der Waals surface area contributed by atoms with Gasteiger partial charge < -0.3 is 0 Å². The normalized spacial score (nSPS) is 16.9. The molecular formula is C15H20BrN3. The quantitative estimate of drug-likeness (QED) is 0.723. The lowest BCUT2D eigenvalue weighted by molar-refractivity contribution is 0.0880. The van der Waals surface area contributed by atoms with E-state index in [0.29, 0.717) is 11.8 Å². The van der Waals surface area contributed by atoms with Gasteiger partial charge in [0.1, 0.15) is 0 Å². The van der Waals surface area contributed by atoms with E-state index in [-0.39, 0.29) is 0 Å². The van der Waals surface area contributed by atoms with E-state index < -0.39 is 0 Å². The standard InChI is InChI=1S/C15H20BrN3/c16-12-15(5-2-6-15)13-19(9-3-7-17)11-14-4-1-8-18-10-14/h1,4,8,10H,2-3,5-6,9,11-13H2. The molecule has 0 radical (unpaired) electrons. The van der Waals surface area contributed by atoms with Crippen molar-refractivity contribution in [2.45, 2.75) is 32.2 Å². The third-order valence-corrected chi connectivity index (χ3v) is 5.12. The second-order valence-corrected chi connectivity index (χ2v) is 6.03. The van der Waals surface area contributed by atoms with Crippen molar-refractivity contribution in [1.82, 2.24) is 9.88 Å². The Bertz CT molecular complexity index is 417. The topological polar surface area (TPSA) is 39.9 Å². The first-order valence-corrected chi connectivity index (χ1v) is 7.94. The summed E-state index contributed by atoms with van der Waals surface area (Å²) in [4.78, 5) is 6.57. The summed E-state index contributed by atoms with van der Waals surface area (Å²) in [7, 11) is 0. The Morgan fingerprint density at radius 3 is 2.84 bits per heavy atom. The summed E-state index contributed by atoms with van der Waals surface area (Å²) in [5.41, 5.74) is 1.65. The molecule has 0 unspecified atom stereocenters. The van der Waals surface area contributed by atoms with E-state index in [4.69, 9.17) is 5.26 Å². The Kier molecular flexibility index (Phi) is 5.35. The summed E-state index contributed by atoms with van der Waals surface area (Å²) in [6.45, 7) is 2.82. The lowest BCUT2D eigenvalue weighted by Gasteiger charge is -2.44. The number of rotatable bonds is 7. The van der Waals surface area contributed by atoms with Crippen LogP contribution < -0.4 is 0 Å². The maximum atomic E-state index is 8.81. The highest BCUT2D eigenvalue weighted by molar-refractivity contribution is 9.09. The number of halogens is 1. The smallest absolute Gasteiger partial charge is 0.0635 e. The molecule has 0 aliphatic heterocycles. The van der Waals surface area contributed by atoms with Crippen LogP contribution in [0, 0.1) is 16.7 Å². The van der Waals surface area contributed by atoms with Crippen LogP contribution in [0.4, 0.5) is 0 Å². The van der Waals surface area contributed by atoms with Crippen LogP contribution in [-0.4, -0.2) is 28.3 Å². The van der Waals surface area contributed by atoms with Crippen LogP contribution in [0.15, 0.2) is 24.5 Å². The van der Waals surface area contributed by atoms with Crippen molar-refractivity contribution in [1.29, 1.82) is 5.26 Å². The second-order valence-electron chi connectivity index (χ2n) is 5.47. The Balaban J connectivity index is 1.97. The SMILES string of the molecule is N#CCCN(Cc1cccnc1)CC1(CBr)CCC1. The number of nitrogens with zero attached hydrogens (tertiary/aromatic N) is 3. The van der Waals surface area contributed by atoms with Gasteiger partial charge >= 0.3 is 0 Å². The monoisotopic (exact) mass is 321 g/mol. The first-order chi connectivity index (χ1) is 9.28. The molecule has 1 aromatic rings. The molecule has 0 atom stereocenters. The molecule has 1 saturated carbocycles. The van der Waals surface area contributed by atoms with Crippen LogP contribution in [0.1, 0.15) is 31.2 Å². The Labute approximate surface area is 123 Å². The molecule has 1 aliphatic rings. The van der Waals surface area contributed by atoms with E-state index in [1.54, 1.807) is 6.20 Å². The first-order valence-electron chi connectivity index (χ1n) is 6.82. The summed E-state index contributed by atoms with van der Waals surface area (Å²) in [6, 6.07) is 6.33. The molecule has 0 N–H and O–H groups in total. The molecule has 3 nitrogen and oxygen atoms in total. The fraction of sp³-hybridized carbons (Fsp3) is 0.600. The number of nitriles is 1. The number of hydrogen-bond acceptors (Lipinski definition) is 3. The van der Waals surface area contributed by atoms with Gasteiger partial charge in [0.25, 0.3) is 0 Å². The minimum Gasteiger partial charge on any atom is -0.297 e. The van der Waals surface area contributed by atoms with Gasteiger partial charge in [-0.25, -0.2) is 0 Å². The molecule has 0 spiro atoms. The molecule has 0 bridgehead atoms. The number of hydrogen-bond donors (Lipinski definition) is 0. The molecule has 2 rings (SSSR count). The summed E-state index contributed by atoms with van der Waals surface area (Å²) < 4.78 is 0. The highest BCUT2D eigenvalue weighted by atomic mass is 79.9. The molecule has 1 aromatic heterocycles. The first kappa shape index (κ1) is 14.5. The van der Waals surface area contributed by atoms with Crippen LogP contribution in [0.3, 0.4) is 0 Å². The lowest BCUT2D eigenvalue weighted by atomic mass is 9.70. The molecule has 0 amide bonds. The summed E-state index contributed by atoms with van der Waals surface area (Å²) in [6.07, 6.45) is 8.25. The maximum absolute atomic E-state index is 8.81. The summed E-state index contributed by atoms with van der Waals surface area (Å²) in [5, 5.41) is 9.88. The van der Waals surface area contributed by atoms with Gasteiger partial charge in [-0.2, -0.15) is 5.26 Å². The number of alkyl halides is 1. The molecule has 0 saturated heterocycles. The molecular weight excluding hydrogens is 302 g/mol. The average Bonchev–Trinajstić information content (AvgIpc) is 2.41. The number of aromatic nitrogens is 1. The highest BCUT2D eigenvalue weighted by Crippen LogP contribution is 2.43. The highest BCUT2D eigenvalue weighted by Gasteiger charge is 2.37. The molecule has 102 valence electrons. The number of pyridine rings is 1. The third kappa shape index (κ3) is 4.02. The largest absolute Gasteiger partial charge is 0.297 e. The van der Waals surface area contributed by atoms with Crippen molar-refractivity contribution in [3.63, 3.8) is 0 Å². The van der Waals surface area contributed by atoms with E-state index in [9.17, 15) is 0 Å². The molecule has 4 heteroatoms. The van der Waals surface area contributed by atoms with Crippen LogP contribution >= 0.6 is 15.9 Å². The van der Waals surface area contributed by atoms with E-state index in [2.05, 4.69) is 37.9 Å². The molecule has 1 aliphatic carbocycles. The van der Waals surface area contributed by atoms with Gasteiger partial charge in [0.2, 0.25) is 0 Å². The van der Waals surface area contributed by atoms with Gasteiger partial charge in [-0.1, -0.05) is 28.4 Å². The van der Waals surface area contributed by atoms with Gasteiger partial charge in [0.15, 0.2) is 0 Å². The predicted octanol–water partition coefficient (Wildman–Crippen LogP) is 3.36. The molecule has 0 aromatic carbocycles. The van der Waals surface area contributed by atoms with Gasteiger partial charge in [0.05, 0.1) is 6.07 Å². The van der Waals surface area contributed by atoms with Crippen LogP contribution in [0.5, 0.6) is 0 Å². The van der Waals surface area contributed by atoms with E-state index >= 15 is 0 Å². The summed E-state index contributed by atoms with van der Waals surface area (Å²) in [5.74, 6) is 0. The van der Waals surface area contributed by atoms with Gasteiger partial charge in [-0.3, -0.25) is 9.88 Å². The van der Waals surface area contributed by atoms with Crippen molar-refractivity contribution in [2.75, 3.05) is 18.4 Å². The van der Waals surface area contributed by atoms with Crippen LogP contribution in [-0.2, 0) is 6.54 Å². The lowest BCUT2D eigenvalue weighted by Crippen LogP contribution is -2.43. The molecule has 19 heavy (non-hydrogen) atoms. The minimum atomic E-state index is 0.428. The Morgan fingerprint density at radius 2 is 2.32 bits per heavy atom. The zero-order chi connectivity index (χ0) is 13.6.